The molecule has 0 saturated carbocycles. The van der Waals surface area contributed by atoms with Crippen LogP contribution in [0, 0.1) is 0 Å². The Bertz CT molecular complexity index is 953. The van der Waals surface area contributed by atoms with E-state index in [4.69, 9.17) is 9.47 Å². The van der Waals surface area contributed by atoms with Gasteiger partial charge in [0.1, 0.15) is 11.5 Å². The van der Waals surface area contributed by atoms with Gasteiger partial charge in [-0.1, -0.05) is 52.4 Å². The van der Waals surface area contributed by atoms with Gasteiger partial charge in [-0.2, -0.15) is 0 Å². The lowest BCUT2D eigenvalue weighted by Crippen LogP contribution is -2.03. The van der Waals surface area contributed by atoms with Crippen LogP contribution in [0.4, 0.5) is 0 Å². The molecule has 0 aliphatic carbocycles. The van der Waals surface area contributed by atoms with Gasteiger partial charge in [0.05, 0.1) is 23.0 Å². The summed E-state index contributed by atoms with van der Waals surface area (Å²) in [4.78, 5) is 0.645. The molecule has 0 saturated heterocycles. The van der Waals surface area contributed by atoms with Crippen molar-refractivity contribution < 1.29 is 17.9 Å². The molecule has 5 heteroatoms. The zero-order chi connectivity index (χ0) is 23.5. The largest absolute Gasteiger partial charge is 0.494 e. The summed E-state index contributed by atoms with van der Waals surface area (Å²) < 4.78 is 38.0. The topological polar surface area (TPSA) is 52.6 Å². The van der Waals surface area contributed by atoms with Crippen LogP contribution >= 0.6 is 0 Å². The van der Waals surface area contributed by atoms with E-state index < -0.39 is 9.84 Å². The predicted octanol–water partition coefficient (Wildman–Crippen LogP) is 7.42. The zero-order valence-corrected chi connectivity index (χ0v) is 20.7. The van der Waals surface area contributed by atoms with Crippen molar-refractivity contribution in [1.82, 2.24) is 0 Å². The van der Waals surface area contributed by atoms with Gasteiger partial charge in [0.15, 0.2) is 0 Å². The van der Waals surface area contributed by atoms with E-state index >= 15 is 0 Å². The maximum atomic E-state index is 13.2. The first-order chi connectivity index (χ1) is 16.1. The normalized spacial score (nSPS) is 14.6. The van der Waals surface area contributed by atoms with E-state index in [-0.39, 0.29) is 0 Å². The van der Waals surface area contributed by atoms with Crippen LogP contribution in [0.5, 0.6) is 11.5 Å². The fraction of sp³-hybridized carbons (Fsp3) is 0.429. The molecule has 1 heterocycles. The average Bonchev–Trinajstić information content (AvgIpc) is 3.14. The molecule has 0 spiro atoms. The van der Waals surface area contributed by atoms with E-state index in [9.17, 15) is 8.42 Å². The summed E-state index contributed by atoms with van der Waals surface area (Å²) in [5, 5.41) is 0. The van der Waals surface area contributed by atoms with Crippen LogP contribution < -0.4 is 9.47 Å². The molecule has 2 aromatic carbocycles. The molecule has 0 fully saturated rings. The first kappa shape index (κ1) is 25.1. The lowest BCUT2D eigenvalue weighted by molar-refractivity contribution is 0.305. The SMILES string of the molecule is CCCCCCOc1ccc(C2=CC=C(c3ccc(OCCCCCC)cc3)S2(=O)=O)cc1. The minimum Gasteiger partial charge on any atom is -0.494 e. The van der Waals surface area contributed by atoms with Gasteiger partial charge in [0.25, 0.3) is 0 Å². The van der Waals surface area contributed by atoms with E-state index in [0.717, 1.165) is 24.3 Å². The molecule has 178 valence electrons. The van der Waals surface area contributed by atoms with Gasteiger partial charge in [-0.3, -0.25) is 0 Å². The third-order valence-corrected chi connectivity index (χ3v) is 7.68. The van der Waals surface area contributed by atoms with Gasteiger partial charge < -0.3 is 9.47 Å². The second-order valence-corrected chi connectivity index (χ2v) is 10.3. The molecular formula is C28H36O4S. The van der Waals surface area contributed by atoms with E-state index in [2.05, 4.69) is 13.8 Å². The Labute approximate surface area is 199 Å². The third-order valence-electron chi connectivity index (χ3n) is 5.78. The summed E-state index contributed by atoms with van der Waals surface area (Å²) in [6.45, 7) is 5.74. The number of ether oxygens (including phenoxy) is 2. The number of benzene rings is 2. The first-order valence-electron chi connectivity index (χ1n) is 12.2. The Kier molecular flexibility index (Phi) is 9.61. The molecule has 0 atom stereocenters. The highest BCUT2D eigenvalue weighted by Gasteiger charge is 2.29. The molecule has 0 N–H and O–H groups in total. The molecule has 1 aliphatic rings. The molecule has 0 radical (unpaired) electrons. The number of allylic oxidation sites excluding steroid dienone is 2. The summed E-state index contributed by atoms with van der Waals surface area (Å²) in [6.07, 6.45) is 12.6. The molecular weight excluding hydrogens is 432 g/mol. The van der Waals surface area contributed by atoms with Crippen molar-refractivity contribution in [3.05, 3.63) is 71.8 Å². The van der Waals surface area contributed by atoms with E-state index in [1.807, 2.05) is 48.5 Å². The number of unbranched alkanes of at least 4 members (excludes halogenated alkanes) is 6. The fourth-order valence-electron chi connectivity index (χ4n) is 3.82. The lowest BCUT2D eigenvalue weighted by Gasteiger charge is -2.11. The van der Waals surface area contributed by atoms with Crippen molar-refractivity contribution in [2.45, 2.75) is 65.2 Å². The minimum atomic E-state index is -3.57. The maximum absolute atomic E-state index is 13.2. The van der Waals surface area contributed by atoms with Crippen molar-refractivity contribution in [3.8, 4) is 11.5 Å². The molecule has 4 nitrogen and oxygen atoms in total. The molecule has 33 heavy (non-hydrogen) atoms. The molecule has 0 unspecified atom stereocenters. The zero-order valence-electron chi connectivity index (χ0n) is 19.9. The standard InChI is InChI=1S/C28H36O4S/c1-3-5-7-9-21-31-25-15-11-23(12-16-25)27-19-20-28(33(27,29)30)24-13-17-26(18-14-24)32-22-10-8-6-4-2/h11-20H,3-10,21-22H2,1-2H3. The van der Waals surface area contributed by atoms with Crippen LogP contribution in [0.1, 0.15) is 76.3 Å². The van der Waals surface area contributed by atoms with Crippen LogP contribution in [0.3, 0.4) is 0 Å². The van der Waals surface area contributed by atoms with Gasteiger partial charge in [-0.05, 0) is 84.7 Å². The van der Waals surface area contributed by atoms with Crippen molar-refractivity contribution in [2.24, 2.45) is 0 Å². The van der Waals surface area contributed by atoms with Crippen molar-refractivity contribution in [3.63, 3.8) is 0 Å². The molecule has 0 amide bonds. The summed E-state index contributed by atoms with van der Waals surface area (Å²) >= 11 is 0. The van der Waals surface area contributed by atoms with E-state index in [0.29, 0.717) is 34.2 Å². The van der Waals surface area contributed by atoms with Gasteiger partial charge in [0, 0.05) is 0 Å². The summed E-state index contributed by atoms with van der Waals surface area (Å²) in [7, 11) is -3.57. The monoisotopic (exact) mass is 468 g/mol. The lowest BCUT2D eigenvalue weighted by atomic mass is 10.1. The number of hydrogen-bond acceptors (Lipinski definition) is 4. The van der Waals surface area contributed by atoms with Crippen LogP contribution in [0.2, 0.25) is 0 Å². The minimum absolute atomic E-state index is 0.322. The fourth-order valence-corrected chi connectivity index (χ4v) is 5.44. The highest BCUT2D eigenvalue weighted by molar-refractivity contribution is 8.09. The van der Waals surface area contributed by atoms with Crippen molar-refractivity contribution in [1.29, 1.82) is 0 Å². The van der Waals surface area contributed by atoms with Crippen molar-refractivity contribution in [2.75, 3.05) is 13.2 Å². The Morgan fingerprint density at radius 1 is 0.576 bits per heavy atom. The predicted molar refractivity (Wildman–Crippen MR) is 137 cm³/mol. The third kappa shape index (κ3) is 6.97. The Morgan fingerprint density at radius 3 is 1.33 bits per heavy atom. The highest BCUT2D eigenvalue weighted by Crippen LogP contribution is 2.38. The van der Waals surface area contributed by atoms with E-state index in [1.54, 1.807) is 12.2 Å². The van der Waals surface area contributed by atoms with Gasteiger partial charge in [0.2, 0.25) is 9.84 Å². The Morgan fingerprint density at radius 2 is 0.970 bits per heavy atom. The summed E-state index contributed by atoms with van der Waals surface area (Å²) in [5.41, 5.74) is 1.35. The second kappa shape index (κ2) is 12.6. The van der Waals surface area contributed by atoms with Gasteiger partial charge >= 0.3 is 0 Å². The Hall–Kier alpha value is -2.53. The van der Waals surface area contributed by atoms with Crippen LogP contribution in [-0.4, -0.2) is 21.6 Å². The smallest absolute Gasteiger partial charge is 0.207 e. The Balaban J connectivity index is 1.57. The van der Waals surface area contributed by atoms with Crippen molar-refractivity contribution >= 4 is 19.6 Å². The van der Waals surface area contributed by atoms with Gasteiger partial charge in [-0.25, -0.2) is 8.42 Å². The molecule has 3 rings (SSSR count). The highest BCUT2D eigenvalue weighted by atomic mass is 32.2. The number of hydrogen-bond donors (Lipinski definition) is 0. The quantitative estimate of drug-likeness (QED) is 0.271. The second-order valence-electron chi connectivity index (χ2n) is 8.43. The molecule has 0 bridgehead atoms. The summed E-state index contributed by atoms with van der Waals surface area (Å²) in [5.74, 6) is 1.54. The van der Waals surface area contributed by atoms with Crippen LogP contribution in [0.15, 0.2) is 60.7 Å². The average molecular weight is 469 g/mol. The number of sulfone groups is 1. The summed E-state index contributed by atoms with van der Waals surface area (Å²) in [6, 6.07) is 14.6. The van der Waals surface area contributed by atoms with Crippen LogP contribution in [-0.2, 0) is 9.84 Å². The molecule has 0 aromatic heterocycles. The van der Waals surface area contributed by atoms with E-state index in [1.165, 1.54) is 38.5 Å². The van der Waals surface area contributed by atoms with Gasteiger partial charge in [-0.15, -0.1) is 0 Å². The first-order valence-corrected chi connectivity index (χ1v) is 13.7. The maximum Gasteiger partial charge on any atom is 0.207 e. The number of rotatable bonds is 14. The molecule has 2 aromatic rings. The molecule has 1 aliphatic heterocycles. The van der Waals surface area contributed by atoms with Crippen LogP contribution in [0.25, 0.3) is 9.81 Å².